The zero-order valence-corrected chi connectivity index (χ0v) is 10.6. The molecule has 0 radical (unpaired) electrons. The molecule has 1 aromatic carbocycles. The summed E-state index contributed by atoms with van der Waals surface area (Å²) in [7, 11) is 0. The Kier molecular flexibility index (Phi) is 3.33. The maximum Gasteiger partial charge on any atom is 0.289 e. The Morgan fingerprint density at radius 1 is 1.05 bits per heavy atom. The molecule has 4 heteroatoms. The highest BCUT2D eigenvalue weighted by Gasteiger charge is 2.20. The van der Waals surface area contributed by atoms with Crippen molar-refractivity contribution < 1.29 is 9.21 Å². The van der Waals surface area contributed by atoms with Crippen LogP contribution < -0.4 is 5.32 Å². The summed E-state index contributed by atoms with van der Waals surface area (Å²) in [6, 6.07) is 13.4. The van der Waals surface area contributed by atoms with Gasteiger partial charge in [-0.3, -0.25) is 4.79 Å². The molecule has 2 aromatic rings. The lowest BCUT2D eigenvalue weighted by Gasteiger charge is -2.26. The number of piperazine rings is 1. The number of benzene rings is 1. The number of carbonyl (C=O) groups excluding carboxylic acids is 1. The van der Waals surface area contributed by atoms with Gasteiger partial charge < -0.3 is 14.6 Å². The minimum Gasteiger partial charge on any atom is -0.451 e. The summed E-state index contributed by atoms with van der Waals surface area (Å²) in [5, 5.41) is 3.23. The molecule has 0 saturated carbocycles. The first kappa shape index (κ1) is 12.0. The molecule has 1 amide bonds. The highest BCUT2D eigenvalue weighted by atomic mass is 16.4. The third kappa shape index (κ3) is 2.53. The summed E-state index contributed by atoms with van der Waals surface area (Å²) in [5.74, 6) is 1.13. The van der Waals surface area contributed by atoms with Crippen LogP contribution in [0.2, 0.25) is 0 Å². The van der Waals surface area contributed by atoms with Gasteiger partial charge in [-0.1, -0.05) is 30.3 Å². The van der Waals surface area contributed by atoms with Gasteiger partial charge in [0.05, 0.1) is 0 Å². The average molecular weight is 256 g/mol. The summed E-state index contributed by atoms with van der Waals surface area (Å²) < 4.78 is 5.67. The Bertz CT molecular complexity index is 557. The van der Waals surface area contributed by atoms with Crippen molar-refractivity contribution in [1.29, 1.82) is 0 Å². The van der Waals surface area contributed by atoms with Gasteiger partial charge in [-0.2, -0.15) is 0 Å². The first-order valence-corrected chi connectivity index (χ1v) is 6.50. The van der Waals surface area contributed by atoms with Crippen LogP contribution in [0.25, 0.3) is 11.3 Å². The molecule has 1 fully saturated rings. The lowest BCUT2D eigenvalue weighted by atomic mass is 10.2. The summed E-state index contributed by atoms with van der Waals surface area (Å²) in [6.45, 7) is 3.16. The number of hydrogen-bond donors (Lipinski definition) is 1. The van der Waals surface area contributed by atoms with Crippen molar-refractivity contribution in [2.75, 3.05) is 26.2 Å². The van der Waals surface area contributed by atoms with E-state index in [9.17, 15) is 4.79 Å². The molecule has 1 N–H and O–H groups in total. The molecule has 1 aromatic heterocycles. The van der Waals surface area contributed by atoms with Crippen LogP contribution in [-0.2, 0) is 0 Å². The Balaban J connectivity index is 1.79. The van der Waals surface area contributed by atoms with Crippen LogP contribution in [0, 0.1) is 0 Å². The third-order valence-corrected chi connectivity index (χ3v) is 3.28. The fourth-order valence-electron chi connectivity index (χ4n) is 2.23. The Morgan fingerprint density at radius 2 is 1.79 bits per heavy atom. The van der Waals surface area contributed by atoms with E-state index in [1.165, 1.54) is 0 Å². The van der Waals surface area contributed by atoms with Crippen molar-refractivity contribution in [3.8, 4) is 11.3 Å². The topological polar surface area (TPSA) is 45.5 Å². The second-order valence-electron chi connectivity index (χ2n) is 4.57. The third-order valence-electron chi connectivity index (χ3n) is 3.28. The van der Waals surface area contributed by atoms with Crippen molar-refractivity contribution >= 4 is 5.91 Å². The van der Waals surface area contributed by atoms with Crippen LogP contribution in [0.1, 0.15) is 10.6 Å². The Labute approximate surface area is 112 Å². The highest BCUT2D eigenvalue weighted by molar-refractivity contribution is 5.92. The van der Waals surface area contributed by atoms with E-state index in [1.807, 2.05) is 41.3 Å². The van der Waals surface area contributed by atoms with E-state index in [2.05, 4.69) is 5.32 Å². The van der Waals surface area contributed by atoms with Crippen LogP contribution in [0.4, 0.5) is 0 Å². The van der Waals surface area contributed by atoms with E-state index < -0.39 is 0 Å². The van der Waals surface area contributed by atoms with Gasteiger partial charge in [-0.05, 0) is 12.1 Å². The number of hydrogen-bond acceptors (Lipinski definition) is 3. The summed E-state index contributed by atoms with van der Waals surface area (Å²) in [4.78, 5) is 14.1. The normalized spacial score (nSPS) is 15.5. The Morgan fingerprint density at radius 3 is 2.53 bits per heavy atom. The van der Waals surface area contributed by atoms with Gasteiger partial charge in [0.25, 0.3) is 5.91 Å². The fraction of sp³-hybridized carbons (Fsp3) is 0.267. The van der Waals surface area contributed by atoms with Crippen molar-refractivity contribution in [3.63, 3.8) is 0 Å². The second-order valence-corrected chi connectivity index (χ2v) is 4.57. The molecule has 2 heterocycles. The molecule has 0 spiro atoms. The SMILES string of the molecule is O=C(c1ccc(-c2ccccc2)o1)N1CCNCC1. The van der Waals surface area contributed by atoms with Gasteiger partial charge in [-0.15, -0.1) is 0 Å². The zero-order chi connectivity index (χ0) is 13.1. The maximum atomic E-state index is 12.2. The van der Waals surface area contributed by atoms with Gasteiger partial charge in [-0.25, -0.2) is 0 Å². The maximum absolute atomic E-state index is 12.2. The van der Waals surface area contributed by atoms with Crippen LogP contribution in [-0.4, -0.2) is 37.0 Å². The Hall–Kier alpha value is -2.07. The van der Waals surface area contributed by atoms with Gasteiger partial charge in [0, 0.05) is 31.7 Å². The molecular formula is C15H16N2O2. The number of nitrogens with one attached hydrogen (secondary N) is 1. The number of rotatable bonds is 2. The number of furan rings is 1. The first-order valence-electron chi connectivity index (χ1n) is 6.50. The fourth-order valence-corrected chi connectivity index (χ4v) is 2.23. The summed E-state index contributed by atoms with van der Waals surface area (Å²) in [5.41, 5.74) is 0.988. The molecule has 1 saturated heterocycles. The second kappa shape index (κ2) is 5.28. The standard InChI is InChI=1S/C15H16N2O2/c18-15(17-10-8-16-9-11-17)14-7-6-13(19-14)12-4-2-1-3-5-12/h1-7,16H,8-11H2. The minimum absolute atomic E-state index is 0.0244. The first-order chi connectivity index (χ1) is 9.34. The molecule has 0 aliphatic carbocycles. The number of nitrogens with zero attached hydrogens (tertiary/aromatic N) is 1. The minimum atomic E-state index is -0.0244. The smallest absolute Gasteiger partial charge is 0.289 e. The number of carbonyl (C=O) groups is 1. The van der Waals surface area contributed by atoms with E-state index in [1.54, 1.807) is 6.07 Å². The highest BCUT2D eigenvalue weighted by Crippen LogP contribution is 2.22. The van der Waals surface area contributed by atoms with Crippen LogP contribution in [0.3, 0.4) is 0 Å². The van der Waals surface area contributed by atoms with Crippen molar-refractivity contribution in [2.45, 2.75) is 0 Å². The number of amides is 1. The van der Waals surface area contributed by atoms with E-state index >= 15 is 0 Å². The van der Waals surface area contributed by atoms with Gasteiger partial charge in [0.15, 0.2) is 5.76 Å². The molecule has 1 aliphatic rings. The van der Waals surface area contributed by atoms with Gasteiger partial charge in [0.1, 0.15) is 5.76 Å². The average Bonchev–Trinajstić information content (AvgIpc) is 2.98. The molecule has 1 aliphatic heterocycles. The van der Waals surface area contributed by atoms with Crippen LogP contribution in [0.5, 0.6) is 0 Å². The molecule has 0 unspecified atom stereocenters. The summed E-state index contributed by atoms with van der Waals surface area (Å²) >= 11 is 0. The van der Waals surface area contributed by atoms with E-state index in [4.69, 9.17) is 4.42 Å². The molecule has 3 rings (SSSR count). The van der Waals surface area contributed by atoms with Crippen molar-refractivity contribution in [3.05, 3.63) is 48.2 Å². The summed E-state index contributed by atoms with van der Waals surface area (Å²) in [6.07, 6.45) is 0. The molecule has 4 nitrogen and oxygen atoms in total. The van der Waals surface area contributed by atoms with Crippen molar-refractivity contribution in [2.24, 2.45) is 0 Å². The molecule has 0 atom stereocenters. The molecular weight excluding hydrogens is 240 g/mol. The zero-order valence-electron chi connectivity index (χ0n) is 10.6. The van der Waals surface area contributed by atoms with E-state index in [-0.39, 0.29) is 5.91 Å². The predicted molar refractivity (Wildman–Crippen MR) is 72.9 cm³/mol. The van der Waals surface area contributed by atoms with Crippen molar-refractivity contribution in [1.82, 2.24) is 10.2 Å². The molecule has 19 heavy (non-hydrogen) atoms. The lowest BCUT2D eigenvalue weighted by Crippen LogP contribution is -2.46. The molecule has 98 valence electrons. The van der Waals surface area contributed by atoms with Gasteiger partial charge >= 0.3 is 0 Å². The largest absolute Gasteiger partial charge is 0.451 e. The lowest BCUT2D eigenvalue weighted by molar-refractivity contribution is 0.0704. The van der Waals surface area contributed by atoms with E-state index in [0.717, 1.165) is 37.5 Å². The van der Waals surface area contributed by atoms with Gasteiger partial charge in [0.2, 0.25) is 0 Å². The predicted octanol–water partition coefficient (Wildman–Crippen LogP) is 1.99. The van der Waals surface area contributed by atoms with Crippen LogP contribution >= 0.6 is 0 Å². The quantitative estimate of drug-likeness (QED) is 0.893. The molecule has 0 bridgehead atoms. The monoisotopic (exact) mass is 256 g/mol. The van der Waals surface area contributed by atoms with Crippen LogP contribution in [0.15, 0.2) is 46.9 Å². The van der Waals surface area contributed by atoms with E-state index in [0.29, 0.717) is 5.76 Å².